The van der Waals surface area contributed by atoms with E-state index in [0.29, 0.717) is 11.4 Å². The molecule has 0 saturated heterocycles. The van der Waals surface area contributed by atoms with E-state index in [4.69, 9.17) is 5.11 Å². The second-order valence-corrected chi connectivity index (χ2v) is 5.15. The molecule has 2 aromatic rings. The summed E-state index contributed by atoms with van der Waals surface area (Å²) in [5.74, 6) is 5.32. The fourth-order valence-electron chi connectivity index (χ4n) is 1.30. The third-order valence-electron chi connectivity index (χ3n) is 2.11. The lowest BCUT2D eigenvalue weighted by Crippen LogP contribution is -2.21. The number of thiophene rings is 1. The van der Waals surface area contributed by atoms with Crippen LogP contribution in [0, 0.1) is 11.8 Å². The highest BCUT2D eigenvalue weighted by atomic mass is 32.1. The lowest BCUT2D eigenvalue weighted by molar-refractivity contribution is 0.0955. The molecule has 4 nitrogen and oxygen atoms in total. The van der Waals surface area contributed by atoms with E-state index >= 15 is 0 Å². The molecule has 0 aliphatic rings. The van der Waals surface area contributed by atoms with Crippen LogP contribution >= 0.6 is 22.7 Å². The fourth-order valence-corrected chi connectivity index (χ4v) is 2.61. The van der Waals surface area contributed by atoms with Crippen molar-refractivity contribution in [2.75, 3.05) is 6.61 Å². The Morgan fingerprint density at radius 2 is 2.39 bits per heavy atom. The van der Waals surface area contributed by atoms with Gasteiger partial charge in [0.15, 0.2) is 0 Å². The minimum atomic E-state index is -0.164. The zero-order valence-electron chi connectivity index (χ0n) is 9.34. The Morgan fingerprint density at radius 1 is 1.50 bits per heavy atom. The Bertz CT molecular complexity index is 579. The molecule has 0 aliphatic carbocycles. The molecule has 2 heterocycles. The Morgan fingerprint density at radius 3 is 3.11 bits per heavy atom. The van der Waals surface area contributed by atoms with Gasteiger partial charge in [-0.15, -0.1) is 22.7 Å². The molecule has 0 bridgehead atoms. The smallest absolute Gasteiger partial charge is 0.263 e. The number of nitrogens with zero attached hydrogens (tertiary/aromatic N) is 1. The summed E-state index contributed by atoms with van der Waals surface area (Å²) in [6.07, 6.45) is 1.54. The summed E-state index contributed by atoms with van der Waals surface area (Å²) < 4.78 is 0. The van der Waals surface area contributed by atoms with Crippen LogP contribution in [-0.2, 0) is 6.54 Å². The number of hydrogen-bond donors (Lipinski definition) is 2. The molecule has 2 N–H and O–H groups in total. The van der Waals surface area contributed by atoms with Crippen molar-refractivity contribution in [3.63, 3.8) is 0 Å². The minimum Gasteiger partial charge on any atom is -0.384 e. The van der Waals surface area contributed by atoms with Crippen LogP contribution in [0.5, 0.6) is 0 Å². The van der Waals surface area contributed by atoms with Gasteiger partial charge in [-0.05, 0) is 11.4 Å². The summed E-state index contributed by atoms with van der Waals surface area (Å²) in [4.78, 5) is 17.1. The Labute approximate surface area is 112 Å². The molecule has 18 heavy (non-hydrogen) atoms. The van der Waals surface area contributed by atoms with Crippen molar-refractivity contribution in [1.29, 1.82) is 0 Å². The van der Waals surface area contributed by atoms with Crippen LogP contribution in [0.25, 0.3) is 0 Å². The molecular formula is C12H10N2O2S2. The lowest BCUT2D eigenvalue weighted by Gasteiger charge is -2.01. The van der Waals surface area contributed by atoms with Crippen molar-refractivity contribution in [2.24, 2.45) is 0 Å². The Balaban J connectivity index is 1.98. The molecular weight excluding hydrogens is 268 g/mol. The number of aromatic nitrogens is 1. The van der Waals surface area contributed by atoms with Gasteiger partial charge < -0.3 is 10.4 Å². The molecule has 0 spiro atoms. The highest BCUT2D eigenvalue weighted by molar-refractivity contribution is 7.11. The summed E-state index contributed by atoms with van der Waals surface area (Å²) in [5.41, 5.74) is 2.47. The maximum atomic E-state index is 11.7. The van der Waals surface area contributed by atoms with Gasteiger partial charge in [-0.2, -0.15) is 0 Å². The first kappa shape index (κ1) is 12.8. The molecule has 0 radical (unpaired) electrons. The topological polar surface area (TPSA) is 62.2 Å². The van der Waals surface area contributed by atoms with Crippen LogP contribution in [0.4, 0.5) is 0 Å². The first-order valence-corrected chi connectivity index (χ1v) is 6.90. The summed E-state index contributed by atoms with van der Waals surface area (Å²) >= 11 is 2.83. The van der Waals surface area contributed by atoms with Crippen LogP contribution in [-0.4, -0.2) is 22.6 Å². The zero-order valence-corrected chi connectivity index (χ0v) is 11.0. The van der Waals surface area contributed by atoms with Crippen molar-refractivity contribution in [3.8, 4) is 11.8 Å². The molecule has 2 rings (SSSR count). The second-order valence-electron chi connectivity index (χ2n) is 3.27. The van der Waals surface area contributed by atoms with E-state index in [1.165, 1.54) is 22.7 Å². The van der Waals surface area contributed by atoms with E-state index in [-0.39, 0.29) is 12.5 Å². The van der Waals surface area contributed by atoms with Crippen molar-refractivity contribution in [3.05, 3.63) is 38.5 Å². The molecule has 0 aliphatic heterocycles. The van der Waals surface area contributed by atoms with E-state index in [1.54, 1.807) is 11.7 Å². The molecule has 92 valence electrons. The Hall–Kier alpha value is -1.68. The van der Waals surface area contributed by atoms with Gasteiger partial charge in [0.1, 0.15) is 11.5 Å². The van der Waals surface area contributed by atoms with Crippen LogP contribution < -0.4 is 5.32 Å². The number of nitrogens with one attached hydrogen (secondary N) is 1. The molecule has 0 aromatic carbocycles. The lowest BCUT2D eigenvalue weighted by atomic mass is 10.2. The third kappa shape index (κ3) is 3.17. The highest BCUT2D eigenvalue weighted by Gasteiger charge is 2.08. The fraction of sp³-hybridized carbons (Fsp3) is 0.167. The number of amides is 1. The molecule has 6 heteroatoms. The van der Waals surface area contributed by atoms with Gasteiger partial charge in [0.05, 0.1) is 18.3 Å². The highest BCUT2D eigenvalue weighted by Crippen LogP contribution is 2.16. The molecule has 0 saturated carbocycles. The standard InChI is InChI=1S/C12H10N2O2S2/c15-4-1-2-9-3-5-17-10(9)7-14-12(16)11-6-13-8-18-11/h3,5-6,8,15H,4,7H2,(H,14,16). The Kier molecular flexibility index (Phi) is 4.47. The van der Waals surface area contributed by atoms with Gasteiger partial charge in [0, 0.05) is 10.4 Å². The largest absolute Gasteiger partial charge is 0.384 e. The van der Waals surface area contributed by atoms with Crippen molar-refractivity contribution < 1.29 is 9.90 Å². The predicted octanol–water partition coefficient (Wildman–Crippen LogP) is 1.48. The number of aliphatic hydroxyl groups excluding tert-OH is 1. The molecule has 0 unspecified atom stereocenters. The number of thiazole rings is 1. The van der Waals surface area contributed by atoms with E-state index in [1.807, 2.05) is 11.4 Å². The monoisotopic (exact) mass is 278 g/mol. The minimum absolute atomic E-state index is 0.132. The summed E-state index contributed by atoms with van der Waals surface area (Å²) in [7, 11) is 0. The predicted molar refractivity (Wildman–Crippen MR) is 71.6 cm³/mol. The van der Waals surface area contributed by atoms with Crippen LogP contribution in [0.15, 0.2) is 23.2 Å². The maximum Gasteiger partial charge on any atom is 0.263 e. The molecule has 0 atom stereocenters. The van der Waals surface area contributed by atoms with E-state index in [9.17, 15) is 4.79 Å². The van der Waals surface area contributed by atoms with Crippen LogP contribution in [0.2, 0.25) is 0 Å². The summed E-state index contributed by atoms with van der Waals surface area (Å²) in [6.45, 7) is 0.270. The average Bonchev–Trinajstić information content (AvgIpc) is 3.04. The molecule has 2 aromatic heterocycles. The van der Waals surface area contributed by atoms with Gasteiger partial charge in [-0.3, -0.25) is 9.78 Å². The van der Waals surface area contributed by atoms with Crippen molar-refractivity contribution in [1.82, 2.24) is 10.3 Å². The normalized spacial score (nSPS) is 9.61. The average molecular weight is 278 g/mol. The van der Waals surface area contributed by atoms with E-state index in [0.717, 1.165) is 10.4 Å². The van der Waals surface area contributed by atoms with Crippen LogP contribution in [0.3, 0.4) is 0 Å². The number of rotatable bonds is 3. The van der Waals surface area contributed by atoms with Crippen LogP contribution in [0.1, 0.15) is 20.1 Å². The summed E-state index contributed by atoms with van der Waals surface area (Å²) in [5, 5.41) is 13.4. The van der Waals surface area contributed by atoms with Gasteiger partial charge >= 0.3 is 0 Å². The second kappa shape index (κ2) is 6.31. The molecule has 0 fully saturated rings. The number of carbonyl (C=O) groups excluding carboxylic acids is 1. The van der Waals surface area contributed by atoms with Gasteiger partial charge in [-0.1, -0.05) is 11.8 Å². The first-order valence-electron chi connectivity index (χ1n) is 5.14. The van der Waals surface area contributed by atoms with Gasteiger partial charge in [-0.25, -0.2) is 0 Å². The summed E-state index contributed by atoms with van der Waals surface area (Å²) in [6, 6.07) is 1.88. The van der Waals surface area contributed by atoms with Crippen molar-refractivity contribution >= 4 is 28.6 Å². The number of carbonyl (C=O) groups is 1. The van der Waals surface area contributed by atoms with E-state index < -0.39 is 0 Å². The SMILES string of the molecule is O=C(NCc1sccc1C#CCO)c1cncs1. The first-order chi connectivity index (χ1) is 8.81. The van der Waals surface area contributed by atoms with Crippen molar-refractivity contribution in [2.45, 2.75) is 6.54 Å². The maximum absolute atomic E-state index is 11.7. The molecule has 1 amide bonds. The number of hydrogen-bond acceptors (Lipinski definition) is 5. The van der Waals surface area contributed by atoms with E-state index in [2.05, 4.69) is 22.1 Å². The quantitative estimate of drug-likeness (QED) is 0.836. The van der Waals surface area contributed by atoms with Gasteiger partial charge in [0.2, 0.25) is 0 Å². The zero-order chi connectivity index (χ0) is 12.8. The van der Waals surface area contributed by atoms with Gasteiger partial charge in [0.25, 0.3) is 5.91 Å². The third-order valence-corrected chi connectivity index (χ3v) is 3.81. The number of aliphatic hydroxyl groups is 1.